The third-order valence-corrected chi connectivity index (χ3v) is 7.08. The van der Waals surface area contributed by atoms with Crippen LogP contribution in [0, 0.1) is 11.3 Å². The van der Waals surface area contributed by atoms with Gasteiger partial charge in [0, 0.05) is 42.5 Å². The molecule has 1 aliphatic heterocycles. The smallest absolute Gasteiger partial charge is 0.251 e. The fourth-order valence-corrected chi connectivity index (χ4v) is 4.96. The number of rotatable bonds is 5. The summed E-state index contributed by atoms with van der Waals surface area (Å²) in [4.78, 5) is 15.3. The van der Waals surface area contributed by atoms with E-state index in [0.717, 1.165) is 56.4 Å². The molecule has 6 heteroatoms. The van der Waals surface area contributed by atoms with Gasteiger partial charge in [-0.25, -0.2) is 0 Å². The van der Waals surface area contributed by atoms with E-state index in [9.17, 15) is 4.79 Å². The normalized spacial score (nSPS) is 21.0. The molecule has 4 rings (SSSR count). The molecule has 1 saturated carbocycles. The van der Waals surface area contributed by atoms with E-state index in [1.54, 1.807) is 6.07 Å². The molecule has 168 valence electrons. The van der Waals surface area contributed by atoms with E-state index in [0.29, 0.717) is 22.7 Å². The maximum absolute atomic E-state index is 12.9. The average molecular weight is 451 g/mol. The van der Waals surface area contributed by atoms with Crippen molar-refractivity contribution in [3.05, 3.63) is 63.7 Å². The Labute approximate surface area is 195 Å². The van der Waals surface area contributed by atoms with Gasteiger partial charge in [-0.15, -0.1) is 0 Å². The number of halogens is 1. The van der Waals surface area contributed by atoms with Crippen molar-refractivity contribution in [2.75, 3.05) is 11.9 Å². The lowest BCUT2D eigenvalue weighted by molar-refractivity contribution is 0.0926. The first kappa shape index (κ1) is 22.6. The molecule has 1 aliphatic carbocycles. The first-order chi connectivity index (χ1) is 15.4. The van der Waals surface area contributed by atoms with E-state index in [2.05, 4.69) is 47.6 Å². The van der Waals surface area contributed by atoms with Gasteiger partial charge in [-0.3, -0.25) is 9.69 Å². The van der Waals surface area contributed by atoms with Gasteiger partial charge in [-0.1, -0.05) is 17.7 Å². The van der Waals surface area contributed by atoms with E-state index in [1.165, 1.54) is 11.1 Å². The Balaban J connectivity index is 1.28. The van der Waals surface area contributed by atoms with Crippen molar-refractivity contribution in [2.45, 2.75) is 70.6 Å². The molecule has 2 aromatic carbocycles. The van der Waals surface area contributed by atoms with Crippen molar-refractivity contribution in [1.82, 2.24) is 10.2 Å². The number of carbonyl (C=O) groups is 1. The predicted octanol–water partition coefficient (Wildman–Crippen LogP) is 5.13. The van der Waals surface area contributed by atoms with Crippen molar-refractivity contribution < 1.29 is 4.79 Å². The van der Waals surface area contributed by atoms with E-state index in [-0.39, 0.29) is 11.9 Å². The Hall–Kier alpha value is -2.55. The van der Waals surface area contributed by atoms with Crippen LogP contribution in [0.25, 0.3) is 0 Å². The zero-order valence-corrected chi connectivity index (χ0v) is 19.6. The van der Waals surface area contributed by atoms with Gasteiger partial charge in [0.05, 0.1) is 10.6 Å². The van der Waals surface area contributed by atoms with Crippen LogP contribution in [-0.2, 0) is 13.0 Å². The number of nitriles is 1. The Morgan fingerprint density at radius 2 is 1.84 bits per heavy atom. The minimum atomic E-state index is 0.0365. The summed E-state index contributed by atoms with van der Waals surface area (Å²) in [5, 5.41) is 16.2. The molecule has 0 bridgehead atoms. The van der Waals surface area contributed by atoms with Gasteiger partial charge in [-0.2, -0.15) is 5.26 Å². The summed E-state index contributed by atoms with van der Waals surface area (Å²) in [6.07, 6.45) is 4.86. The van der Waals surface area contributed by atoms with E-state index < -0.39 is 0 Å². The van der Waals surface area contributed by atoms with Crippen molar-refractivity contribution in [3.8, 4) is 6.07 Å². The molecule has 32 heavy (non-hydrogen) atoms. The average Bonchev–Trinajstić information content (AvgIpc) is 2.79. The Bertz CT molecular complexity index is 1020. The van der Waals surface area contributed by atoms with Gasteiger partial charge in [0.1, 0.15) is 6.07 Å². The van der Waals surface area contributed by atoms with Crippen LogP contribution in [0.15, 0.2) is 36.4 Å². The predicted molar refractivity (Wildman–Crippen MR) is 129 cm³/mol. The van der Waals surface area contributed by atoms with Crippen LogP contribution in [0.5, 0.6) is 0 Å². The van der Waals surface area contributed by atoms with Gasteiger partial charge in [-0.05, 0) is 87.4 Å². The molecule has 5 nitrogen and oxygen atoms in total. The number of benzene rings is 2. The second kappa shape index (κ2) is 9.94. The summed E-state index contributed by atoms with van der Waals surface area (Å²) in [6.45, 7) is 6.49. The maximum atomic E-state index is 12.9. The van der Waals surface area contributed by atoms with Crippen molar-refractivity contribution in [2.24, 2.45) is 0 Å². The molecule has 1 fully saturated rings. The molecular formula is C26H31ClN4O. The summed E-state index contributed by atoms with van der Waals surface area (Å²) in [5.74, 6) is 0.0365. The number of amides is 1. The quantitative estimate of drug-likeness (QED) is 0.662. The summed E-state index contributed by atoms with van der Waals surface area (Å²) < 4.78 is 0. The van der Waals surface area contributed by atoms with Crippen LogP contribution < -0.4 is 10.6 Å². The fourth-order valence-electron chi connectivity index (χ4n) is 4.74. The summed E-state index contributed by atoms with van der Waals surface area (Å²) in [7, 11) is 0. The standard InChI is InChI=1S/C26H31ClN4O/c1-17(2)31-12-11-18-13-19(3-4-21(18)16-31)26(32)30-23-9-7-22(8-10-23)29-24-6-5-20(15-28)25(27)14-24/h3-6,13-14,17,22-23,29H,7-12,16H2,1-2H3,(H,30,32). The summed E-state index contributed by atoms with van der Waals surface area (Å²) in [5.41, 5.74) is 4.85. The topological polar surface area (TPSA) is 68.2 Å². The lowest BCUT2D eigenvalue weighted by atomic mass is 9.90. The molecule has 2 N–H and O–H groups in total. The summed E-state index contributed by atoms with van der Waals surface area (Å²) in [6, 6.07) is 14.8. The highest BCUT2D eigenvalue weighted by Gasteiger charge is 2.24. The first-order valence-corrected chi connectivity index (χ1v) is 11.9. The van der Waals surface area contributed by atoms with Crippen LogP contribution in [0.4, 0.5) is 5.69 Å². The Kier molecular flexibility index (Phi) is 7.03. The first-order valence-electron chi connectivity index (χ1n) is 11.6. The van der Waals surface area contributed by atoms with Crippen LogP contribution in [0.2, 0.25) is 5.02 Å². The number of fused-ring (bicyclic) bond motifs is 1. The van der Waals surface area contributed by atoms with E-state index in [1.807, 2.05) is 18.2 Å². The molecule has 0 saturated heterocycles. The molecule has 1 heterocycles. The zero-order chi connectivity index (χ0) is 22.7. The van der Waals surface area contributed by atoms with Gasteiger partial charge in [0.2, 0.25) is 0 Å². The van der Waals surface area contributed by atoms with Gasteiger partial charge in [0.25, 0.3) is 5.91 Å². The number of carbonyl (C=O) groups excluding carboxylic acids is 1. The highest BCUT2D eigenvalue weighted by atomic mass is 35.5. The second-order valence-corrected chi connectivity index (χ2v) is 9.68. The Morgan fingerprint density at radius 1 is 1.09 bits per heavy atom. The third-order valence-electron chi connectivity index (χ3n) is 6.76. The molecule has 0 radical (unpaired) electrons. The number of nitrogens with one attached hydrogen (secondary N) is 2. The minimum absolute atomic E-state index is 0.0365. The second-order valence-electron chi connectivity index (χ2n) is 9.27. The van der Waals surface area contributed by atoms with Gasteiger partial charge >= 0.3 is 0 Å². The van der Waals surface area contributed by atoms with Gasteiger partial charge < -0.3 is 10.6 Å². The number of nitrogens with zero attached hydrogens (tertiary/aromatic N) is 2. The molecule has 2 aliphatic rings. The van der Waals surface area contributed by atoms with E-state index >= 15 is 0 Å². The van der Waals surface area contributed by atoms with Crippen molar-refractivity contribution >= 4 is 23.2 Å². The van der Waals surface area contributed by atoms with Crippen LogP contribution >= 0.6 is 11.6 Å². The zero-order valence-electron chi connectivity index (χ0n) is 18.8. The molecule has 1 amide bonds. The molecule has 2 aromatic rings. The summed E-state index contributed by atoms with van der Waals surface area (Å²) >= 11 is 6.14. The van der Waals surface area contributed by atoms with Crippen LogP contribution in [0.3, 0.4) is 0 Å². The van der Waals surface area contributed by atoms with Crippen molar-refractivity contribution in [3.63, 3.8) is 0 Å². The monoisotopic (exact) mass is 450 g/mol. The molecule has 0 unspecified atom stereocenters. The number of hydrogen-bond donors (Lipinski definition) is 2. The molecule has 0 atom stereocenters. The molecule has 0 spiro atoms. The minimum Gasteiger partial charge on any atom is -0.382 e. The number of anilines is 1. The molecule has 0 aromatic heterocycles. The third kappa shape index (κ3) is 5.26. The largest absolute Gasteiger partial charge is 0.382 e. The highest BCUT2D eigenvalue weighted by Crippen LogP contribution is 2.26. The van der Waals surface area contributed by atoms with Gasteiger partial charge in [0.15, 0.2) is 0 Å². The van der Waals surface area contributed by atoms with Crippen LogP contribution in [-0.4, -0.2) is 35.5 Å². The van der Waals surface area contributed by atoms with Crippen LogP contribution in [0.1, 0.15) is 66.6 Å². The molecular weight excluding hydrogens is 420 g/mol. The lowest BCUT2D eigenvalue weighted by Crippen LogP contribution is -2.40. The number of hydrogen-bond acceptors (Lipinski definition) is 4. The highest BCUT2D eigenvalue weighted by molar-refractivity contribution is 6.32. The SMILES string of the molecule is CC(C)N1CCc2cc(C(=O)NC3CCC(Nc4ccc(C#N)c(Cl)c4)CC3)ccc2C1. The maximum Gasteiger partial charge on any atom is 0.251 e. The fraction of sp³-hybridized carbons (Fsp3) is 0.462. The van der Waals surface area contributed by atoms with E-state index in [4.69, 9.17) is 16.9 Å². The lowest BCUT2D eigenvalue weighted by Gasteiger charge is -2.32. The van der Waals surface area contributed by atoms with Crippen molar-refractivity contribution in [1.29, 1.82) is 5.26 Å². The Morgan fingerprint density at radius 3 is 2.53 bits per heavy atom.